The van der Waals surface area contributed by atoms with Crippen molar-refractivity contribution in [2.75, 3.05) is 21.1 Å². The highest BCUT2D eigenvalue weighted by Gasteiger charge is 2.30. The highest BCUT2D eigenvalue weighted by Crippen LogP contribution is 2.29. The SMILES string of the molecule is C[N+](C)(C)Cc1cccc(C(F)(F)F)c1.[Br-]. The third-order valence-electron chi connectivity index (χ3n) is 1.91. The summed E-state index contributed by atoms with van der Waals surface area (Å²) in [5.74, 6) is 0. The fourth-order valence-electron chi connectivity index (χ4n) is 1.39. The number of nitrogens with zero attached hydrogens (tertiary/aromatic N) is 1. The smallest absolute Gasteiger partial charge is 0.416 e. The molecule has 1 nitrogen and oxygen atoms in total. The normalized spacial score (nSPS) is 12.1. The fourth-order valence-corrected chi connectivity index (χ4v) is 1.39. The highest BCUT2D eigenvalue weighted by atomic mass is 79.9. The molecule has 5 heteroatoms. The van der Waals surface area contributed by atoms with Crippen LogP contribution in [0.3, 0.4) is 0 Å². The topological polar surface area (TPSA) is 0 Å². The van der Waals surface area contributed by atoms with Crippen molar-refractivity contribution in [2.24, 2.45) is 0 Å². The van der Waals surface area contributed by atoms with Crippen LogP contribution in [0.1, 0.15) is 11.1 Å². The second kappa shape index (κ2) is 5.19. The molecular formula is C11H15BrF3N. The molecule has 0 saturated carbocycles. The molecule has 1 rings (SSSR count). The summed E-state index contributed by atoms with van der Waals surface area (Å²) in [5, 5.41) is 0. The molecule has 0 aliphatic heterocycles. The second-order valence-corrected chi connectivity index (χ2v) is 4.65. The summed E-state index contributed by atoms with van der Waals surface area (Å²) in [6.07, 6.45) is -4.25. The van der Waals surface area contributed by atoms with Crippen molar-refractivity contribution in [3.63, 3.8) is 0 Å². The molecule has 92 valence electrons. The number of hydrogen-bond acceptors (Lipinski definition) is 0. The van der Waals surface area contributed by atoms with Gasteiger partial charge in [-0.25, -0.2) is 0 Å². The maximum absolute atomic E-state index is 12.4. The average molecular weight is 298 g/mol. The summed E-state index contributed by atoms with van der Waals surface area (Å²) in [4.78, 5) is 0. The standard InChI is InChI=1S/C11H15F3N.BrH/c1-15(2,3)8-9-5-4-6-10(7-9)11(12,13)14;/h4-7H,8H2,1-3H3;1H/q+1;/p-1. The van der Waals surface area contributed by atoms with Crippen LogP contribution in [0.25, 0.3) is 0 Å². The molecular weight excluding hydrogens is 283 g/mol. The number of quaternary nitrogens is 1. The fraction of sp³-hybridized carbons (Fsp3) is 0.455. The van der Waals surface area contributed by atoms with E-state index >= 15 is 0 Å². The van der Waals surface area contributed by atoms with Crippen molar-refractivity contribution >= 4 is 0 Å². The predicted octanol–water partition coefficient (Wildman–Crippen LogP) is -0.0844. The minimum Gasteiger partial charge on any atom is -1.00 e. The summed E-state index contributed by atoms with van der Waals surface area (Å²) < 4.78 is 37.8. The first-order chi connectivity index (χ1) is 6.68. The molecule has 1 aromatic rings. The molecule has 0 saturated heterocycles. The van der Waals surface area contributed by atoms with Crippen LogP contribution in [0.5, 0.6) is 0 Å². The van der Waals surface area contributed by atoms with Crippen molar-refractivity contribution < 1.29 is 34.6 Å². The molecule has 0 spiro atoms. The maximum Gasteiger partial charge on any atom is 0.416 e. The van der Waals surface area contributed by atoms with Crippen molar-refractivity contribution in [1.82, 2.24) is 0 Å². The van der Waals surface area contributed by atoms with Gasteiger partial charge in [-0.1, -0.05) is 12.1 Å². The third kappa shape index (κ3) is 4.99. The molecule has 0 aliphatic rings. The van der Waals surface area contributed by atoms with E-state index in [4.69, 9.17) is 0 Å². The van der Waals surface area contributed by atoms with Gasteiger partial charge in [0.05, 0.1) is 26.7 Å². The van der Waals surface area contributed by atoms with Crippen LogP contribution >= 0.6 is 0 Å². The van der Waals surface area contributed by atoms with Gasteiger partial charge in [0.15, 0.2) is 0 Å². The molecule has 0 radical (unpaired) electrons. The van der Waals surface area contributed by atoms with Gasteiger partial charge in [0.25, 0.3) is 0 Å². The minimum absolute atomic E-state index is 0. The predicted molar refractivity (Wildman–Crippen MR) is 53.2 cm³/mol. The van der Waals surface area contributed by atoms with Crippen LogP contribution in [-0.4, -0.2) is 25.6 Å². The Labute approximate surface area is 104 Å². The Balaban J connectivity index is 0.00000225. The van der Waals surface area contributed by atoms with Crippen LogP contribution in [0.15, 0.2) is 24.3 Å². The molecule has 16 heavy (non-hydrogen) atoms. The minimum atomic E-state index is -4.25. The van der Waals surface area contributed by atoms with Gasteiger partial charge in [-0.2, -0.15) is 13.2 Å². The van der Waals surface area contributed by atoms with Gasteiger partial charge >= 0.3 is 6.18 Å². The molecule has 0 amide bonds. The lowest BCUT2D eigenvalue weighted by atomic mass is 10.1. The van der Waals surface area contributed by atoms with Crippen molar-refractivity contribution in [3.8, 4) is 0 Å². The van der Waals surface area contributed by atoms with E-state index in [1.807, 2.05) is 21.1 Å². The Morgan fingerprint density at radius 1 is 1.12 bits per heavy atom. The van der Waals surface area contributed by atoms with Gasteiger partial charge in [-0.05, 0) is 12.1 Å². The Hall–Kier alpha value is -0.550. The molecule has 1 aromatic carbocycles. The zero-order valence-electron chi connectivity index (χ0n) is 9.48. The Bertz CT molecular complexity index is 342. The molecule has 0 aliphatic carbocycles. The number of benzene rings is 1. The van der Waals surface area contributed by atoms with Crippen LogP contribution < -0.4 is 17.0 Å². The summed E-state index contributed by atoms with van der Waals surface area (Å²) in [6, 6.07) is 5.48. The van der Waals surface area contributed by atoms with Crippen molar-refractivity contribution in [2.45, 2.75) is 12.7 Å². The van der Waals surface area contributed by atoms with E-state index in [0.717, 1.165) is 6.07 Å². The first-order valence-electron chi connectivity index (χ1n) is 4.65. The van der Waals surface area contributed by atoms with E-state index in [9.17, 15) is 13.2 Å². The van der Waals surface area contributed by atoms with Gasteiger partial charge in [0.2, 0.25) is 0 Å². The first kappa shape index (κ1) is 15.4. The Kier molecular flexibility index (Phi) is 5.01. The summed E-state index contributed by atoms with van der Waals surface area (Å²) in [5.41, 5.74) is 0.130. The van der Waals surface area contributed by atoms with Gasteiger partial charge in [0.1, 0.15) is 6.54 Å². The lowest BCUT2D eigenvalue weighted by Crippen LogP contribution is -3.00. The Morgan fingerprint density at radius 3 is 2.12 bits per heavy atom. The lowest BCUT2D eigenvalue weighted by molar-refractivity contribution is -0.884. The van der Waals surface area contributed by atoms with E-state index in [-0.39, 0.29) is 17.0 Å². The van der Waals surface area contributed by atoms with Crippen molar-refractivity contribution in [1.29, 1.82) is 0 Å². The van der Waals surface area contributed by atoms with Gasteiger partial charge in [0, 0.05) is 5.56 Å². The number of rotatable bonds is 2. The molecule has 0 fully saturated rings. The average Bonchev–Trinajstić information content (AvgIpc) is 1.99. The monoisotopic (exact) mass is 297 g/mol. The molecule has 0 heterocycles. The summed E-state index contributed by atoms with van der Waals surface area (Å²) in [6.45, 7) is 0.587. The quantitative estimate of drug-likeness (QED) is 0.670. The summed E-state index contributed by atoms with van der Waals surface area (Å²) in [7, 11) is 5.83. The van der Waals surface area contributed by atoms with E-state index in [1.54, 1.807) is 6.07 Å². The zero-order chi connectivity index (χ0) is 11.7. The third-order valence-corrected chi connectivity index (χ3v) is 1.91. The van der Waals surface area contributed by atoms with Crippen LogP contribution in [0, 0.1) is 0 Å². The number of halogens is 4. The maximum atomic E-state index is 12.4. The molecule has 0 bridgehead atoms. The van der Waals surface area contributed by atoms with E-state index in [2.05, 4.69) is 0 Å². The van der Waals surface area contributed by atoms with Gasteiger partial charge < -0.3 is 21.5 Å². The van der Waals surface area contributed by atoms with E-state index in [0.29, 0.717) is 16.6 Å². The molecule has 0 aromatic heterocycles. The van der Waals surface area contributed by atoms with E-state index in [1.165, 1.54) is 12.1 Å². The number of alkyl halides is 3. The zero-order valence-corrected chi connectivity index (χ0v) is 11.1. The summed E-state index contributed by atoms with van der Waals surface area (Å²) >= 11 is 0. The Morgan fingerprint density at radius 2 is 1.69 bits per heavy atom. The highest BCUT2D eigenvalue weighted by molar-refractivity contribution is 5.25. The largest absolute Gasteiger partial charge is 1.00 e. The molecule has 0 N–H and O–H groups in total. The van der Waals surface area contributed by atoms with Gasteiger partial charge in [-0.15, -0.1) is 0 Å². The molecule has 0 atom stereocenters. The second-order valence-electron chi connectivity index (χ2n) is 4.65. The lowest BCUT2D eigenvalue weighted by Gasteiger charge is -2.24. The van der Waals surface area contributed by atoms with Crippen molar-refractivity contribution in [3.05, 3.63) is 35.4 Å². The van der Waals surface area contributed by atoms with Gasteiger partial charge in [-0.3, -0.25) is 0 Å². The van der Waals surface area contributed by atoms with E-state index < -0.39 is 11.7 Å². The van der Waals surface area contributed by atoms with Crippen LogP contribution in [0.2, 0.25) is 0 Å². The van der Waals surface area contributed by atoms with Crippen LogP contribution in [-0.2, 0) is 12.7 Å². The molecule has 0 unspecified atom stereocenters. The van der Waals surface area contributed by atoms with Crippen LogP contribution in [0.4, 0.5) is 13.2 Å². The number of hydrogen-bond donors (Lipinski definition) is 0. The first-order valence-corrected chi connectivity index (χ1v) is 4.65.